The van der Waals surface area contributed by atoms with Crippen molar-refractivity contribution in [1.82, 2.24) is 5.32 Å². The van der Waals surface area contributed by atoms with E-state index < -0.39 is 0 Å². The van der Waals surface area contributed by atoms with Crippen LogP contribution >= 0.6 is 0 Å². The van der Waals surface area contributed by atoms with E-state index >= 15 is 0 Å². The van der Waals surface area contributed by atoms with Crippen molar-refractivity contribution in [3.63, 3.8) is 0 Å². The number of nitrogens with one attached hydrogen (secondary N) is 1. The van der Waals surface area contributed by atoms with Crippen LogP contribution in [0.2, 0.25) is 0 Å². The van der Waals surface area contributed by atoms with Crippen LogP contribution in [-0.2, 0) is 6.42 Å². The SMILES string of the molecule is CNCC(Cc1cccc(F)c1)c1ccccc1F. The van der Waals surface area contributed by atoms with E-state index in [0.717, 1.165) is 5.56 Å². The summed E-state index contributed by atoms with van der Waals surface area (Å²) >= 11 is 0. The van der Waals surface area contributed by atoms with Crippen LogP contribution in [0.5, 0.6) is 0 Å². The van der Waals surface area contributed by atoms with Crippen LogP contribution in [0.1, 0.15) is 17.0 Å². The van der Waals surface area contributed by atoms with Crippen LogP contribution in [0.4, 0.5) is 8.78 Å². The lowest BCUT2D eigenvalue weighted by Gasteiger charge is -2.18. The molecule has 0 radical (unpaired) electrons. The molecule has 0 heterocycles. The maximum Gasteiger partial charge on any atom is 0.126 e. The Kier molecular flexibility index (Phi) is 4.63. The summed E-state index contributed by atoms with van der Waals surface area (Å²) < 4.78 is 27.0. The molecule has 0 fully saturated rings. The van der Waals surface area contributed by atoms with Crippen molar-refractivity contribution in [2.24, 2.45) is 0 Å². The summed E-state index contributed by atoms with van der Waals surface area (Å²) in [6, 6.07) is 13.2. The van der Waals surface area contributed by atoms with E-state index in [0.29, 0.717) is 18.5 Å². The molecule has 0 aromatic heterocycles. The van der Waals surface area contributed by atoms with Crippen LogP contribution in [0.25, 0.3) is 0 Å². The Bertz CT molecular complexity index is 540. The summed E-state index contributed by atoms with van der Waals surface area (Å²) in [4.78, 5) is 0. The van der Waals surface area contributed by atoms with E-state index in [4.69, 9.17) is 0 Å². The van der Waals surface area contributed by atoms with Crippen molar-refractivity contribution < 1.29 is 8.78 Å². The topological polar surface area (TPSA) is 12.0 Å². The first kappa shape index (κ1) is 13.7. The molecule has 0 aliphatic heterocycles. The Morgan fingerprint density at radius 1 is 1.05 bits per heavy atom. The Hall–Kier alpha value is -1.74. The fourth-order valence-corrected chi connectivity index (χ4v) is 2.29. The van der Waals surface area contributed by atoms with Gasteiger partial charge in [-0.05, 0) is 42.8 Å². The summed E-state index contributed by atoms with van der Waals surface area (Å²) in [5, 5.41) is 3.07. The molecule has 0 aliphatic rings. The quantitative estimate of drug-likeness (QED) is 0.868. The third-order valence-corrected chi connectivity index (χ3v) is 3.17. The lowest BCUT2D eigenvalue weighted by molar-refractivity contribution is 0.554. The highest BCUT2D eigenvalue weighted by Gasteiger charge is 2.15. The molecule has 1 atom stereocenters. The Labute approximate surface area is 112 Å². The van der Waals surface area contributed by atoms with Gasteiger partial charge in [0.1, 0.15) is 11.6 Å². The Morgan fingerprint density at radius 3 is 2.53 bits per heavy atom. The minimum atomic E-state index is -0.255. The van der Waals surface area contributed by atoms with E-state index in [9.17, 15) is 8.78 Å². The van der Waals surface area contributed by atoms with E-state index in [1.54, 1.807) is 18.2 Å². The molecule has 0 bridgehead atoms. The number of halogens is 2. The third-order valence-electron chi connectivity index (χ3n) is 3.17. The first-order valence-electron chi connectivity index (χ1n) is 6.34. The molecule has 0 spiro atoms. The molecule has 1 unspecified atom stereocenters. The third kappa shape index (κ3) is 3.61. The van der Waals surface area contributed by atoms with E-state index in [1.807, 2.05) is 19.2 Å². The van der Waals surface area contributed by atoms with Crippen molar-refractivity contribution in [3.8, 4) is 0 Å². The van der Waals surface area contributed by atoms with Gasteiger partial charge in [-0.15, -0.1) is 0 Å². The second-order valence-corrected chi connectivity index (χ2v) is 4.61. The van der Waals surface area contributed by atoms with Crippen LogP contribution < -0.4 is 5.32 Å². The molecule has 2 aromatic rings. The number of hydrogen-bond donors (Lipinski definition) is 1. The second-order valence-electron chi connectivity index (χ2n) is 4.61. The molecule has 3 heteroatoms. The zero-order chi connectivity index (χ0) is 13.7. The van der Waals surface area contributed by atoms with Gasteiger partial charge < -0.3 is 5.32 Å². The maximum atomic E-state index is 13.8. The van der Waals surface area contributed by atoms with Gasteiger partial charge in [-0.2, -0.15) is 0 Å². The Morgan fingerprint density at radius 2 is 1.84 bits per heavy atom. The first-order chi connectivity index (χ1) is 9.20. The molecular formula is C16H17F2N. The molecule has 0 aliphatic carbocycles. The number of hydrogen-bond acceptors (Lipinski definition) is 1. The Balaban J connectivity index is 2.24. The molecule has 1 N–H and O–H groups in total. The van der Waals surface area contributed by atoms with Crippen LogP contribution in [0.15, 0.2) is 48.5 Å². The lowest BCUT2D eigenvalue weighted by Crippen LogP contribution is -2.20. The normalized spacial score (nSPS) is 12.4. The molecular weight excluding hydrogens is 244 g/mol. The molecule has 0 saturated carbocycles. The van der Waals surface area contributed by atoms with Crippen molar-refractivity contribution in [1.29, 1.82) is 0 Å². The largest absolute Gasteiger partial charge is 0.319 e. The van der Waals surface area contributed by atoms with Crippen molar-refractivity contribution >= 4 is 0 Å². The fraction of sp³-hybridized carbons (Fsp3) is 0.250. The van der Waals surface area contributed by atoms with Crippen molar-refractivity contribution in [2.75, 3.05) is 13.6 Å². The monoisotopic (exact) mass is 261 g/mol. The lowest BCUT2D eigenvalue weighted by atomic mass is 9.91. The molecule has 0 amide bonds. The van der Waals surface area contributed by atoms with Gasteiger partial charge >= 0.3 is 0 Å². The highest BCUT2D eigenvalue weighted by Crippen LogP contribution is 2.23. The number of benzene rings is 2. The molecule has 0 saturated heterocycles. The van der Waals surface area contributed by atoms with Crippen molar-refractivity contribution in [3.05, 3.63) is 71.3 Å². The van der Waals surface area contributed by atoms with Crippen LogP contribution in [-0.4, -0.2) is 13.6 Å². The summed E-state index contributed by atoms with van der Waals surface area (Å²) in [6.45, 7) is 0.650. The number of likely N-dealkylation sites (N-methyl/N-ethyl adjacent to an activating group) is 1. The van der Waals surface area contributed by atoms with Gasteiger partial charge in [0.2, 0.25) is 0 Å². The van der Waals surface area contributed by atoms with Gasteiger partial charge in [-0.1, -0.05) is 30.3 Å². The smallest absolute Gasteiger partial charge is 0.126 e. The van der Waals surface area contributed by atoms with Gasteiger partial charge in [0, 0.05) is 12.5 Å². The van der Waals surface area contributed by atoms with Gasteiger partial charge in [0.25, 0.3) is 0 Å². The summed E-state index contributed by atoms with van der Waals surface area (Å²) in [6.07, 6.45) is 0.611. The zero-order valence-corrected chi connectivity index (χ0v) is 10.9. The van der Waals surface area contributed by atoms with E-state index in [2.05, 4.69) is 5.32 Å². The second kappa shape index (κ2) is 6.43. The average molecular weight is 261 g/mol. The summed E-state index contributed by atoms with van der Waals surface area (Å²) in [5.74, 6) is -0.471. The van der Waals surface area contributed by atoms with Gasteiger partial charge in [0.15, 0.2) is 0 Å². The van der Waals surface area contributed by atoms with E-state index in [-0.39, 0.29) is 17.6 Å². The molecule has 19 heavy (non-hydrogen) atoms. The van der Waals surface area contributed by atoms with Gasteiger partial charge in [-0.3, -0.25) is 0 Å². The fourth-order valence-electron chi connectivity index (χ4n) is 2.29. The van der Waals surface area contributed by atoms with E-state index in [1.165, 1.54) is 18.2 Å². The average Bonchev–Trinajstić information content (AvgIpc) is 2.39. The summed E-state index contributed by atoms with van der Waals surface area (Å²) in [5.41, 5.74) is 1.55. The highest BCUT2D eigenvalue weighted by atomic mass is 19.1. The van der Waals surface area contributed by atoms with Crippen LogP contribution in [0.3, 0.4) is 0 Å². The van der Waals surface area contributed by atoms with Gasteiger partial charge in [-0.25, -0.2) is 8.78 Å². The standard InChI is InChI=1S/C16H17F2N/c1-19-11-13(15-7-2-3-8-16(15)18)9-12-5-4-6-14(17)10-12/h2-8,10,13,19H,9,11H2,1H3. The first-order valence-corrected chi connectivity index (χ1v) is 6.34. The summed E-state index contributed by atoms with van der Waals surface area (Å²) in [7, 11) is 1.83. The maximum absolute atomic E-state index is 13.8. The molecule has 100 valence electrons. The predicted molar refractivity (Wildman–Crippen MR) is 73.2 cm³/mol. The minimum absolute atomic E-state index is 0.00648. The van der Waals surface area contributed by atoms with Gasteiger partial charge in [0.05, 0.1) is 0 Å². The highest BCUT2D eigenvalue weighted by molar-refractivity contribution is 5.26. The predicted octanol–water partition coefficient (Wildman–Crippen LogP) is 3.51. The molecule has 2 rings (SSSR count). The van der Waals surface area contributed by atoms with Crippen molar-refractivity contribution in [2.45, 2.75) is 12.3 Å². The molecule has 1 nitrogen and oxygen atoms in total. The molecule has 2 aromatic carbocycles. The van der Waals surface area contributed by atoms with Crippen LogP contribution in [0, 0.1) is 11.6 Å². The minimum Gasteiger partial charge on any atom is -0.319 e. The zero-order valence-electron chi connectivity index (χ0n) is 10.9. The number of rotatable bonds is 5.